The van der Waals surface area contributed by atoms with Crippen LogP contribution >= 0.6 is 0 Å². The summed E-state index contributed by atoms with van der Waals surface area (Å²) >= 11 is 0. The van der Waals surface area contributed by atoms with Crippen LogP contribution in [0.15, 0.2) is 0 Å². The Balaban J connectivity index is 7.82. The van der Waals surface area contributed by atoms with Crippen LogP contribution in [0.4, 0.5) is 0 Å². The van der Waals surface area contributed by atoms with Gasteiger partial charge in [-0.1, -0.05) is 45.4 Å². The van der Waals surface area contributed by atoms with Crippen LogP contribution in [0.5, 0.6) is 0 Å². The summed E-state index contributed by atoms with van der Waals surface area (Å²) in [5, 5.41) is 93.8. The van der Waals surface area contributed by atoms with E-state index in [0.29, 0.717) is 12.8 Å². The zero-order chi connectivity index (χ0) is 57.3. The Morgan fingerprint density at radius 2 is 0.467 bits per heavy atom. The molecule has 0 unspecified atom stereocenters. The average Bonchev–Trinajstić information content (AvgIpc) is 3.32. The van der Waals surface area contributed by atoms with Gasteiger partial charge in [0.05, 0.1) is 0 Å². The molecular weight excluding hydrogens is 995 g/mol. The molecule has 12 N–H and O–H groups in total. The lowest BCUT2D eigenvalue weighted by atomic mass is 9.70. The number of amides is 3. The summed E-state index contributed by atoms with van der Waals surface area (Å²) in [6, 6.07) is 0. The first-order valence-corrected chi connectivity index (χ1v) is 25.5. The summed E-state index contributed by atoms with van der Waals surface area (Å²) in [5.41, 5.74) is -6.94. The number of carbonyl (C=O) groups excluding carboxylic acids is 4. The Bertz CT molecular complexity index is 1640. The van der Waals surface area contributed by atoms with Crippen molar-refractivity contribution < 1.29 is 108 Å². The molecule has 0 aliphatic heterocycles. The second-order valence-electron chi connectivity index (χ2n) is 19.6. The van der Waals surface area contributed by atoms with Gasteiger partial charge in [-0.3, -0.25) is 62.3 Å². The van der Waals surface area contributed by atoms with Crippen molar-refractivity contribution in [2.75, 3.05) is 0 Å². The van der Waals surface area contributed by atoms with E-state index in [-0.39, 0.29) is 6.42 Å². The van der Waals surface area contributed by atoms with Gasteiger partial charge >= 0.3 is 53.7 Å². The molecule has 75 heavy (non-hydrogen) atoms. The van der Waals surface area contributed by atoms with Crippen LogP contribution < -0.4 is 16.0 Å². The molecule has 0 saturated heterocycles. The van der Waals surface area contributed by atoms with Gasteiger partial charge in [-0.05, 0) is 83.5 Å². The third-order valence-corrected chi connectivity index (χ3v) is 13.7. The minimum atomic E-state index is -1.84. The van der Waals surface area contributed by atoms with Crippen LogP contribution in [-0.4, -0.2) is 140 Å². The Morgan fingerprint density at radius 3 is 0.667 bits per heavy atom. The summed E-state index contributed by atoms with van der Waals surface area (Å²) in [6.07, 6.45) is -7.35. The topological polar surface area (TPSA) is 440 Å². The monoisotopic (exact) mass is 1070 g/mol. The molecule has 0 aromatic rings. The first-order valence-electron chi connectivity index (χ1n) is 25.5. The van der Waals surface area contributed by atoms with Crippen molar-refractivity contribution in [3.63, 3.8) is 0 Å². The number of unbranched alkanes of at least 4 members (excludes halogenated alkanes) is 6. The highest BCUT2D eigenvalue weighted by atomic mass is 16.4. The van der Waals surface area contributed by atoms with Crippen LogP contribution in [0.1, 0.15) is 212 Å². The van der Waals surface area contributed by atoms with Crippen molar-refractivity contribution in [3.05, 3.63) is 0 Å². The minimum Gasteiger partial charge on any atom is -0.481 e. The average molecular weight is 1070 g/mol. The van der Waals surface area contributed by atoms with Crippen molar-refractivity contribution in [2.45, 2.75) is 229 Å². The standard InChI is InChI=1S/C50H79N3O22/c1-2-3-4-5-6-7-8-9-34(54)47(22-10-35(55)51-48(25-13-38(58)59,26-14-39(60)61)27-15-40(62)63,23-11-36(56)52-49(28-16-41(64)65,29-17-42(66)67)30-18-43(68)69)24-12-37(57)53-50(31-19-44(70)71,32-20-45(72)73)33-21-46(74)75/h2-33H2,1H3,(H,51,55)(H,52,56)(H,53,57)(H,58,59)(H,60,61)(H,62,63)(H,64,65)(H,66,67)(H,68,69)(H,70,71)(H,72,73)(H,74,75). The smallest absolute Gasteiger partial charge is 0.303 e. The van der Waals surface area contributed by atoms with Crippen molar-refractivity contribution in [2.24, 2.45) is 5.41 Å². The Hall–Kier alpha value is -6.69. The molecule has 0 atom stereocenters. The van der Waals surface area contributed by atoms with Gasteiger partial charge in [0, 0.05) is 106 Å². The third kappa shape index (κ3) is 31.6. The van der Waals surface area contributed by atoms with Gasteiger partial charge in [0.15, 0.2) is 0 Å². The maximum atomic E-state index is 14.9. The van der Waals surface area contributed by atoms with E-state index >= 15 is 0 Å². The first kappa shape index (κ1) is 68.3. The molecule has 25 heteroatoms. The quantitative estimate of drug-likeness (QED) is 0.0341. The SMILES string of the molecule is CCCCCCCCCC(=O)C(CCC(=O)NC(CCC(=O)O)(CCC(=O)O)CCC(=O)O)(CCC(=O)NC(CCC(=O)O)(CCC(=O)O)CCC(=O)O)CCC(=O)NC(CCC(=O)O)(CCC(=O)O)CCC(=O)O. The summed E-state index contributed by atoms with van der Waals surface area (Å²) in [5.74, 6) is -15.4. The molecule has 3 amide bonds. The maximum Gasteiger partial charge on any atom is 0.303 e. The van der Waals surface area contributed by atoms with E-state index in [1.807, 2.05) is 6.92 Å². The zero-order valence-electron chi connectivity index (χ0n) is 43.0. The number of carboxylic acids is 9. The number of carboxylic acid groups (broad SMARTS) is 9. The molecule has 0 saturated carbocycles. The number of hydrogen-bond donors (Lipinski definition) is 12. The van der Waals surface area contributed by atoms with Gasteiger partial charge in [-0.25, -0.2) is 0 Å². The molecular formula is C50H79N3O22. The van der Waals surface area contributed by atoms with Crippen molar-refractivity contribution in [1.29, 1.82) is 0 Å². The lowest BCUT2D eigenvalue weighted by molar-refractivity contribution is -0.141. The molecule has 0 fully saturated rings. The van der Waals surface area contributed by atoms with Crippen LogP contribution in [0.2, 0.25) is 0 Å². The molecule has 0 aliphatic rings. The number of nitrogens with one attached hydrogen (secondary N) is 3. The number of rotatable bonds is 48. The van der Waals surface area contributed by atoms with Gasteiger partial charge in [0.25, 0.3) is 0 Å². The van der Waals surface area contributed by atoms with E-state index in [2.05, 4.69) is 16.0 Å². The summed E-state index contributed by atoms with van der Waals surface area (Å²) in [7, 11) is 0. The van der Waals surface area contributed by atoms with Crippen molar-refractivity contribution in [3.8, 4) is 0 Å². The lowest BCUT2D eigenvalue weighted by Crippen LogP contribution is -2.51. The second-order valence-corrected chi connectivity index (χ2v) is 19.6. The Labute approximate surface area is 435 Å². The summed E-state index contributed by atoms with van der Waals surface area (Å²) < 4.78 is 0. The lowest BCUT2D eigenvalue weighted by Gasteiger charge is -2.38. The summed E-state index contributed by atoms with van der Waals surface area (Å²) in [4.78, 5) is 163. The molecule has 0 aliphatic carbocycles. The second kappa shape index (κ2) is 35.5. The largest absolute Gasteiger partial charge is 0.481 e. The summed E-state index contributed by atoms with van der Waals surface area (Å²) in [6.45, 7) is 2.03. The van der Waals surface area contributed by atoms with Crippen LogP contribution in [-0.2, 0) is 62.3 Å². The molecule has 25 nitrogen and oxygen atoms in total. The van der Waals surface area contributed by atoms with E-state index in [1.54, 1.807) is 0 Å². The van der Waals surface area contributed by atoms with Gasteiger partial charge in [0.1, 0.15) is 5.78 Å². The van der Waals surface area contributed by atoms with E-state index in [0.717, 1.165) is 32.1 Å². The van der Waals surface area contributed by atoms with Crippen LogP contribution in [0, 0.1) is 5.41 Å². The van der Waals surface area contributed by atoms with E-state index in [9.17, 15) is 108 Å². The predicted octanol–water partition coefficient (Wildman–Crippen LogP) is 5.37. The third-order valence-electron chi connectivity index (χ3n) is 13.7. The molecule has 0 bridgehead atoms. The van der Waals surface area contributed by atoms with Gasteiger partial charge < -0.3 is 61.9 Å². The van der Waals surface area contributed by atoms with Crippen molar-refractivity contribution >= 4 is 77.2 Å². The fourth-order valence-electron chi connectivity index (χ4n) is 9.24. The Morgan fingerprint density at radius 1 is 0.267 bits per heavy atom. The fraction of sp³-hybridized carbons (Fsp3) is 0.740. The maximum absolute atomic E-state index is 14.9. The number of Topliss-reactive ketones (excluding diaryl/α,β-unsaturated/α-hetero) is 1. The predicted molar refractivity (Wildman–Crippen MR) is 262 cm³/mol. The van der Waals surface area contributed by atoms with E-state index in [1.165, 1.54) is 0 Å². The molecule has 0 aromatic carbocycles. The number of aliphatic carboxylic acids is 9. The molecule has 426 valence electrons. The highest BCUT2D eigenvalue weighted by molar-refractivity contribution is 5.88. The number of carbonyl (C=O) groups is 13. The molecule has 0 radical (unpaired) electrons. The molecule has 0 aromatic heterocycles. The normalized spacial score (nSPS) is 11.7. The van der Waals surface area contributed by atoms with Crippen molar-refractivity contribution in [1.82, 2.24) is 16.0 Å². The highest BCUT2D eigenvalue weighted by Crippen LogP contribution is 2.40. The Kier molecular flexibility index (Phi) is 32.3. The number of ketones is 1. The van der Waals surface area contributed by atoms with Crippen LogP contribution in [0.3, 0.4) is 0 Å². The van der Waals surface area contributed by atoms with Gasteiger partial charge in [0.2, 0.25) is 17.7 Å². The van der Waals surface area contributed by atoms with E-state index < -0.39 is 253 Å². The molecule has 0 spiro atoms. The zero-order valence-corrected chi connectivity index (χ0v) is 43.0. The number of hydrogen-bond acceptors (Lipinski definition) is 13. The minimum absolute atomic E-state index is 0.169. The van der Waals surface area contributed by atoms with E-state index in [4.69, 9.17) is 0 Å². The molecule has 0 rings (SSSR count). The first-order chi connectivity index (χ1) is 35.0. The molecule has 0 heterocycles. The van der Waals surface area contributed by atoms with Gasteiger partial charge in [-0.15, -0.1) is 0 Å². The fourth-order valence-corrected chi connectivity index (χ4v) is 9.24. The highest BCUT2D eigenvalue weighted by Gasteiger charge is 2.42. The van der Waals surface area contributed by atoms with Gasteiger partial charge in [-0.2, -0.15) is 0 Å². The van der Waals surface area contributed by atoms with Crippen LogP contribution in [0.25, 0.3) is 0 Å².